The van der Waals surface area contributed by atoms with Crippen molar-refractivity contribution < 1.29 is 0 Å². The van der Waals surface area contributed by atoms with Crippen LogP contribution in [0.4, 0.5) is 17.1 Å². The Labute approximate surface area is 345 Å². The lowest BCUT2D eigenvalue weighted by molar-refractivity contribution is 0.660. The first-order valence-corrected chi connectivity index (χ1v) is 20.5. The zero-order chi connectivity index (χ0) is 39.5. The van der Waals surface area contributed by atoms with Crippen LogP contribution in [-0.2, 0) is 5.41 Å². The fourth-order valence-corrected chi connectivity index (χ4v) is 9.45. The molecule has 0 aliphatic heterocycles. The van der Waals surface area contributed by atoms with Crippen molar-refractivity contribution in [1.29, 1.82) is 0 Å². The van der Waals surface area contributed by atoms with Crippen LogP contribution in [-0.4, -0.2) is 4.57 Å². The molecular formula is C57H42N2. The predicted octanol–water partition coefficient (Wildman–Crippen LogP) is 15.6. The van der Waals surface area contributed by atoms with Crippen LogP contribution in [0.3, 0.4) is 0 Å². The number of rotatable bonds is 7. The maximum atomic E-state index is 2.42. The van der Waals surface area contributed by atoms with Gasteiger partial charge in [-0.1, -0.05) is 166 Å². The molecule has 9 aromatic carbocycles. The van der Waals surface area contributed by atoms with Gasteiger partial charge in [0.2, 0.25) is 0 Å². The summed E-state index contributed by atoms with van der Waals surface area (Å²) in [5, 5.41) is 2.50. The van der Waals surface area contributed by atoms with Crippen molar-refractivity contribution in [2.75, 3.05) is 4.90 Å². The van der Waals surface area contributed by atoms with Crippen LogP contribution >= 0.6 is 0 Å². The van der Waals surface area contributed by atoms with Gasteiger partial charge in [0.1, 0.15) is 0 Å². The molecule has 1 aliphatic rings. The number of para-hydroxylation sites is 1. The van der Waals surface area contributed by atoms with E-state index in [0.717, 1.165) is 17.1 Å². The van der Waals surface area contributed by atoms with Crippen molar-refractivity contribution in [2.24, 2.45) is 0 Å². The standard InChI is InChI=1S/C57H42N2/c1-57(2)51-22-13-12-21-48(51)56-52(57)23-14-24-55(56)58(45-19-10-5-11-20-45)46-31-25-41(26-32-46)42-27-33-47(34-28-42)59-53-35-29-43(39-15-6-3-7-16-39)37-49(53)50-38-44(30-36-54(50)59)40-17-8-4-9-18-40/h3-38H,1-2H3. The zero-order valence-corrected chi connectivity index (χ0v) is 33.2. The first kappa shape index (κ1) is 34.8. The van der Waals surface area contributed by atoms with Crippen LogP contribution < -0.4 is 4.90 Å². The molecule has 0 unspecified atom stereocenters. The monoisotopic (exact) mass is 754 g/mol. The van der Waals surface area contributed by atoms with Crippen LogP contribution in [0.15, 0.2) is 218 Å². The summed E-state index contributed by atoms with van der Waals surface area (Å²) in [5.74, 6) is 0. The highest BCUT2D eigenvalue weighted by Gasteiger charge is 2.37. The summed E-state index contributed by atoms with van der Waals surface area (Å²) in [4.78, 5) is 2.42. The van der Waals surface area contributed by atoms with Crippen molar-refractivity contribution in [3.05, 3.63) is 230 Å². The molecule has 0 saturated carbocycles. The van der Waals surface area contributed by atoms with Gasteiger partial charge in [0.25, 0.3) is 0 Å². The van der Waals surface area contributed by atoms with Gasteiger partial charge in [0, 0.05) is 38.8 Å². The van der Waals surface area contributed by atoms with Crippen LogP contribution in [0, 0.1) is 0 Å². The largest absolute Gasteiger partial charge is 0.310 e. The molecule has 10 aromatic rings. The minimum atomic E-state index is -0.0737. The molecule has 59 heavy (non-hydrogen) atoms. The summed E-state index contributed by atoms with van der Waals surface area (Å²) in [5.41, 5.74) is 19.5. The molecule has 0 atom stereocenters. The SMILES string of the molecule is CC1(C)c2ccccc2-c2c(N(c3ccccc3)c3ccc(-c4ccc(-n5c6ccc(-c7ccccc7)cc6c6cc(-c7ccccc7)ccc65)cc4)cc3)cccc21. The minimum Gasteiger partial charge on any atom is -0.310 e. The van der Waals surface area contributed by atoms with E-state index >= 15 is 0 Å². The highest BCUT2D eigenvalue weighted by atomic mass is 15.1. The van der Waals surface area contributed by atoms with E-state index in [9.17, 15) is 0 Å². The zero-order valence-electron chi connectivity index (χ0n) is 33.2. The van der Waals surface area contributed by atoms with Gasteiger partial charge in [0.15, 0.2) is 0 Å². The molecule has 0 bridgehead atoms. The van der Waals surface area contributed by atoms with E-state index in [0.29, 0.717) is 0 Å². The molecule has 0 radical (unpaired) electrons. The molecule has 1 heterocycles. The Balaban J connectivity index is 0.979. The number of hydrogen-bond acceptors (Lipinski definition) is 1. The normalized spacial score (nSPS) is 12.7. The van der Waals surface area contributed by atoms with Crippen molar-refractivity contribution in [3.8, 4) is 50.2 Å². The molecule has 2 heteroatoms. The van der Waals surface area contributed by atoms with Gasteiger partial charge < -0.3 is 9.47 Å². The summed E-state index contributed by atoms with van der Waals surface area (Å²) in [6.45, 7) is 4.69. The van der Waals surface area contributed by atoms with E-state index in [1.807, 2.05) is 0 Å². The molecule has 1 aliphatic carbocycles. The first-order chi connectivity index (χ1) is 29.0. The van der Waals surface area contributed by atoms with E-state index in [1.165, 1.54) is 83.1 Å². The summed E-state index contributed by atoms with van der Waals surface area (Å²) in [6, 6.07) is 79.7. The van der Waals surface area contributed by atoms with Gasteiger partial charge in [-0.2, -0.15) is 0 Å². The van der Waals surface area contributed by atoms with Crippen LogP contribution in [0.5, 0.6) is 0 Å². The second kappa shape index (κ2) is 13.9. The Morgan fingerprint density at radius 2 is 0.831 bits per heavy atom. The Hall–Kier alpha value is -7.42. The minimum absolute atomic E-state index is 0.0737. The van der Waals surface area contributed by atoms with E-state index in [2.05, 4.69) is 242 Å². The van der Waals surface area contributed by atoms with Crippen LogP contribution in [0.1, 0.15) is 25.0 Å². The van der Waals surface area contributed by atoms with Gasteiger partial charge in [-0.05, 0) is 117 Å². The highest BCUT2D eigenvalue weighted by Crippen LogP contribution is 2.54. The Bertz CT molecular complexity index is 3040. The van der Waals surface area contributed by atoms with E-state index in [4.69, 9.17) is 0 Å². The molecule has 2 nitrogen and oxygen atoms in total. The van der Waals surface area contributed by atoms with E-state index < -0.39 is 0 Å². The molecule has 0 N–H and O–H groups in total. The topological polar surface area (TPSA) is 8.17 Å². The number of aromatic nitrogens is 1. The Morgan fingerprint density at radius 1 is 0.373 bits per heavy atom. The van der Waals surface area contributed by atoms with Crippen molar-refractivity contribution in [3.63, 3.8) is 0 Å². The fraction of sp³-hybridized carbons (Fsp3) is 0.0526. The van der Waals surface area contributed by atoms with Crippen LogP contribution in [0.2, 0.25) is 0 Å². The maximum Gasteiger partial charge on any atom is 0.0543 e. The Kier molecular flexibility index (Phi) is 8.20. The molecule has 0 saturated heterocycles. The summed E-state index contributed by atoms with van der Waals surface area (Å²) < 4.78 is 2.41. The van der Waals surface area contributed by atoms with Gasteiger partial charge in [-0.15, -0.1) is 0 Å². The number of fused-ring (bicyclic) bond motifs is 6. The average Bonchev–Trinajstić information content (AvgIpc) is 3.75. The maximum absolute atomic E-state index is 2.42. The smallest absolute Gasteiger partial charge is 0.0543 e. The second-order valence-corrected chi connectivity index (χ2v) is 16.2. The molecule has 0 fully saturated rings. The van der Waals surface area contributed by atoms with Crippen molar-refractivity contribution >= 4 is 38.9 Å². The number of benzene rings is 9. The summed E-state index contributed by atoms with van der Waals surface area (Å²) >= 11 is 0. The Morgan fingerprint density at radius 3 is 1.42 bits per heavy atom. The van der Waals surface area contributed by atoms with Gasteiger partial charge in [-0.25, -0.2) is 0 Å². The second-order valence-electron chi connectivity index (χ2n) is 16.2. The predicted molar refractivity (Wildman–Crippen MR) is 249 cm³/mol. The molecular weight excluding hydrogens is 713 g/mol. The summed E-state index contributed by atoms with van der Waals surface area (Å²) in [7, 11) is 0. The molecule has 0 spiro atoms. The van der Waals surface area contributed by atoms with Gasteiger partial charge in [-0.3, -0.25) is 0 Å². The lowest BCUT2D eigenvalue weighted by Crippen LogP contribution is -2.16. The van der Waals surface area contributed by atoms with Gasteiger partial charge >= 0.3 is 0 Å². The third-order valence-corrected chi connectivity index (χ3v) is 12.4. The van der Waals surface area contributed by atoms with Crippen molar-refractivity contribution in [2.45, 2.75) is 19.3 Å². The molecule has 1 aromatic heterocycles. The number of hydrogen-bond donors (Lipinski definition) is 0. The molecule has 0 amide bonds. The quantitative estimate of drug-likeness (QED) is 0.157. The lowest BCUT2D eigenvalue weighted by Gasteiger charge is -2.29. The van der Waals surface area contributed by atoms with Crippen molar-refractivity contribution in [1.82, 2.24) is 4.57 Å². The number of anilines is 3. The van der Waals surface area contributed by atoms with E-state index in [1.54, 1.807) is 0 Å². The van der Waals surface area contributed by atoms with Crippen LogP contribution in [0.25, 0.3) is 72.0 Å². The lowest BCUT2D eigenvalue weighted by atomic mass is 9.82. The first-order valence-electron chi connectivity index (χ1n) is 20.5. The third-order valence-electron chi connectivity index (χ3n) is 12.4. The third kappa shape index (κ3) is 5.79. The average molecular weight is 755 g/mol. The number of nitrogens with zero attached hydrogens (tertiary/aromatic N) is 2. The van der Waals surface area contributed by atoms with Gasteiger partial charge in [0.05, 0.1) is 16.7 Å². The molecule has 11 rings (SSSR count). The summed E-state index contributed by atoms with van der Waals surface area (Å²) in [6.07, 6.45) is 0. The highest BCUT2D eigenvalue weighted by molar-refractivity contribution is 6.11. The van der Waals surface area contributed by atoms with E-state index in [-0.39, 0.29) is 5.41 Å². The molecule has 280 valence electrons. The fourth-order valence-electron chi connectivity index (χ4n) is 9.45.